The minimum atomic E-state index is -2.02. The average molecular weight is 330 g/mol. The summed E-state index contributed by atoms with van der Waals surface area (Å²) in [5.41, 5.74) is 0.807. The molecule has 4 atom stereocenters. The topological polar surface area (TPSA) is 60.3 Å². The van der Waals surface area contributed by atoms with Gasteiger partial charge in [0.25, 0.3) is 0 Å². The van der Waals surface area contributed by atoms with Crippen molar-refractivity contribution >= 4 is 14.0 Å². The molecular formula is C16H31NO4Si. The van der Waals surface area contributed by atoms with Crippen LogP contribution < -0.4 is 0 Å². The molecule has 0 saturated carbocycles. The van der Waals surface area contributed by atoms with Crippen molar-refractivity contribution in [2.45, 2.75) is 64.1 Å². The Labute approximate surface area is 135 Å². The molecule has 0 heterocycles. The highest BCUT2D eigenvalue weighted by molar-refractivity contribution is 6.74. The summed E-state index contributed by atoms with van der Waals surface area (Å²) >= 11 is 0. The molecule has 0 radical (unpaired) electrons. The van der Waals surface area contributed by atoms with Crippen molar-refractivity contribution in [1.82, 2.24) is 0 Å². The molecule has 0 bridgehead atoms. The highest BCUT2D eigenvalue weighted by Crippen LogP contribution is 2.39. The maximum absolute atomic E-state index is 10.4. The molecule has 0 aromatic heterocycles. The van der Waals surface area contributed by atoms with E-state index in [9.17, 15) is 5.11 Å². The summed E-state index contributed by atoms with van der Waals surface area (Å²) in [6.45, 7) is 12.8. The lowest BCUT2D eigenvalue weighted by atomic mass is 9.86. The van der Waals surface area contributed by atoms with Crippen LogP contribution in [-0.4, -0.2) is 51.7 Å². The van der Waals surface area contributed by atoms with E-state index in [-0.39, 0.29) is 17.1 Å². The molecule has 1 aliphatic carbocycles. The van der Waals surface area contributed by atoms with E-state index in [2.05, 4.69) is 39.0 Å². The van der Waals surface area contributed by atoms with Gasteiger partial charge in [0.15, 0.2) is 8.32 Å². The first kappa shape index (κ1) is 19.4. The van der Waals surface area contributed by atoms with Crippen molar-refractivity contribution in [3.63, 3.8) is 0 Å². The Hall–Kier alpha value is -0.693. The van der Waals surface area contributed by atoms with Gasteiger partial charge in [-0.1, -0.05) is 38.1 Å². The zero-order valence-electron chi connectivity index (χ0n) is 15.1. The van der Waals surface area contributed by atoms with Crippen LogP contribution in [0.25, 0.3) is 0 Å². The molecule has 0 unspecified atom stereocenters. The van der Waals surface area contributed by atoms with E-state index >= 15 is 0 Å². The molecule has 1 aliphatic rings. The van der Waals surface area contributed by atoms with Crippen LogP contribution >= 0.6 is 0 Å². The van der Waals surface area contributed by atoms with Crippen LogP contribution in [0, 0.1) is 5.92 Å². The first-order chi connectivity index (χ1) is 10.0. The quantitative estimate of drug-likeness (QED) is 0.365. The van der Waals surface area contributed by atoms with Crippen LogP contribution in [0.4, 0.5) is 0 Å². The van der Waals surface area contributed by atoms with Gasteiger partial charge in [0, 0.05) is 13.0 Å². The van der Waals surface area contributed by atoms with Gasteiger partial charge in [0.05, 0.1) is 17.9 Å². The minimum absolute atomic E-state index is 0.0666. The Bertz CT molecular complexity index is 428. The van der Waals surface area contributed by atoms with E-state index in [1.54, 1.807) is 13.2 Å². The molecule has 0 aromatic rings. The second-order valence-electron chi connectivity index (χ2n) is 7.36. The van der Waals surface area contributed by atoms with E-state index < -0.39 is 20.5 Å². The highest BCUT2D eigenvalue weighted by Gasteiger charge is 2.45. The fourth-order valence-electron chi connectivity index (χ4n) is 2.37. The lowest BCUT2D eigenvalue weighted by Crippen LogP contribution is -2.55. The largest absolute Gasteiger partial charge is 0.408 e. The van der Waals surface area contributed by atoms with Gasteiger partial charge >= 0.3 is 0 Å². The van der Waals surface area contributed by atoms with Crippen molar-refractivity contribution in [2.24, 2.45) is 11.1 Å². The maximum atomic E-state index is 10.4. The smallest absolute Gasteiger partial charge is 0.192 e. The number of oxime groups is 1. The zero-order chi connectivity index (χ0) is 17.1. The van der Waals surface area contributed by atoms with Crippen molar-refractivity contribution < 1.29 is 19.1 Å². The van der Waals surface area contributed by atoms with Crippen LogP contribution in [0.2, 0.25) is 18.1 Å². The van der Waals surface area contributed by atoms with Crippen LogP contribution in [0.15, 0.2) is 17.3 Å². The molecule has 1 rings (SSSR count). The molecule has 0 fully saturated rings. The Morgan fingerprint density at radius 3 is 2.18 bits per heavy atom. The zero-order valence-corrected chi connectivity index (χ0v) is 16.1. The van der Waals surface area contributed by atoms with E-state index in [1.165, 1.54) is 7.11 Å². The van der Waals surface area contributed by atoms with Crippen molar-refractivity contribution in [3.8, 4) is 0 Å². The third-order valence-corrected chi connectivity index (χ3v) is 9.23. The molecule has 0 saturated heterocycles. The number of rotatable bonds is 5. The van der Waals surface area contributed by atoms with Crippen LogP contribution in [-0.2, 0) is 14.0 Å². The molecule has 22 heavy (non-hydrogen) atoms. The van der Waals surface area contributed by atoms with Gasteiger partial charge in [-0.3, -0.25) is 0 Å². The normalized spacial score (nSPS) is 30.5. The number of ether oxygens (including phenoxy) is 1. The number of hydrogen-bond donors (Lipinski definition) is 1. The van der Waals surface area contributed by atoms with Crippen LogP contribution in [0.3, 0.4) is 0 Å². The SMILES string of the molecule is CO/N=C(/C)[C@H]1C=C[C@@H](O)[C@@H](O[Si](C)(C)C(C)(C)C)[C@@H]1OC. The molecule has 6 heteroatoms. The molecular weight excluding hydrogens is 298 g/mol. The number of nitrogens with zero attached hydrogens (tertiary/aromatic N) is 1. The molecule has 0 aromatic carbocycles. The predicted molar refractivity (Wildman–Crippen MR) is 91.6 cm³/mol. The first-order valence-corrected chi connectivity index (χ1v) is 10.6. The molecule has 0 aliphatic heterocycles. The molecule has 0 spiro atoms. The van der Waals surface area contributed by atoms with Gasteiger partial charge in [-0.2, -0.15) is 0 Å². The summed E-state index contributed by atoms with van der Waals surface area (Å²) in [4.78, 5) is 4.87. The first-order valence-electron chi connectivity index (χ1n) is 7.70. The second kappa shape index (κ2) is 7.25. The van der Waals surface area contributed by atoms with Crippen LogP contribution in [0.5, 0.6) is 0 Å². The summed E-state index contributed by atoms with van der Waals surface area (Å²) in [6, 6.07) is 0. The van der Waals surface area contributed by atoms with Crippen molar-refractivity contribution in [2.75, 3.05) is 14.2 Å². The number of hydrogen-bond acceptors (Lipinski definition) is 5. The third kappa shape index (κ3) is 4.19. The summed E-state index contributed by atoms with van der Waals surface area (Å²) in [7, 11) is 1.15. The Kier molecular flexibility index (Phi) is 6.38. The number of aliphatic hydroxyl groups excluding tert-OH is 1. The molecule has 5 nitrogen and oxygen atoms in total. The van der Waals surface area contributed by atoms with Gasteiger partial charge in [0.1, 0.15) is 13.2 Å². The summed E-state index contributed by atoms with van der Waals surface area (Å²) in [5.74, 6) is -0.0666. The number of aliphatic hydroxyl groups is 1. The molecule has 128 valence electrons. The fraction of sp³-hybridized carbons (Fsp3) is 0.812. The van der Waals surface area contributed by atoms with E-state index in [0.29, 0.717) is 0 Å². The van der Waals surface area contributed by atoms with E-state index in [4.69, 9.17) is 14.0 Å². The standard InChI is InChI=1S/C16H31NO4Si/c1-11(17-20-6)12-9-10-13(18)15(14(12)19-5)21-22(7,8)16(2,3)4/h9-10,12-15,18H,1-8H3/b17-11-/t12-,13-,14-,15-/m1/s1. The van der Waals surface area contributed by atoms with Gasteiger partial charge < -0.3 is 19.1 Å². The number of methoxy groups -OCH3 is 1. The highest BCUT2D eigenvalue weighted by atomic mass is 28.4. The van der Waals surface area contributed by atoms with Crippen molar-refractivity contribution in [1.29, 1.82) is 0 Å². The summed E-state index contributed by atoms with van der Waals surface area (Å²) in [5, 5.41) is 14.5. The van der Waals surface area contributed by atoms with Gasteiger partial charge in [-0.05, 0) is 25.1 Å². The summed E-state index contributed by atoms with van der Waals surface area (Å²) < 4.78 is 12.1. The predicted octanol–water partition coefficient (Wildman–Crippen LogP) is 2.96. The second-order valence-corrected chi connectivity index (χ2v) is 12.1. The van der Waals surface area contributed by atoms with E-state index in [0.717, 1.165) is 5.71 Å². The maximum Gasteiger partial charge on any atom is 0.192 e. The van der Waals surface area contributed by atoms with Crippen LogP contribution in [0.1, 0.15) is 27.7 Å². The van der Waals surface area contributed by atoms with Gasteiger partial charge in [-0.25, -0.2) is 0 Å². The minimum Gasteiger partial charge on any atom is -0.408 e. The summed E-state index contributed by atoms with van der Waals surface area (Å²) in [6.07, 6.45) is 2.33. The Morgan fingerprint density at radius 1 is 1.14 bits per heavy atom. The van der Waals surface area contributed by atoms with Gasteiger partial charge in [0.2, 0.25) is 0 Å². The van der Waals surface area contributed by atoms with Gasteiger partial charge in [-0.15, -0.1) is 0 Å². The third-order valence-electron chi connectivity index (χ3n) is 4.76. The fourth-order valence-corrected chi connectivity index (χ4v) is 3.68. The van der Waals surface area contributed by atoms with Crippen molar-refractivity contribution in [3.05, 3.63) is 12.2 Å². The monoisotopic (exact) mass is 329 g/mol. The molecule has 1 N–H and O–H groups in total. The molecule has 0 amide bonds. The Morgan fingerprint density at radius 2 is 1.73 bits per heavy atom. The lowest BCUT2D eigenvalue weighted by Gasteiger charge is -2.44. The average Bonchev–Trinajstić information content (AvgIpc) is 2.39. The van der Waals surface area contributed by atoms with E-state index in [1.807, 2.05) is 13.0 Å². The lowest BCUT2D eigenvalue weighted by molar-refractivity contribution is -0.0671. The Balaban J connectivity index is 3.07.